The van der Waals surface area contributed by atoms with E-state index in [1.165, 1.54) is 11.8 Å². The normalized spacial score (nSPS) is 12.1. The Labute approximate surface area is 131 Å². The zero-order chi connectivity index (χ0) is 15.4. The van der Waals surface area contributed by atoms with Crippen LogP contribution in [0.2, 0.25) is 5.02 Å². The summed E-state index contributed by atoms with van der Waals surface area (Å²) in [4.78, 5) is 10.8. The van der Waals surface area contributed by atoms with Gasteiger partial charge in [0.05, 0.1) is 5.75 Å². The van der Waals surface area contributed by atoms with Crippen LogP contribution < -0.4 is 10.5 Å². The van der Waals surface area contributed by atoms with Crippen molar-refractivity contribution in [2.24, 2.45) is 12.8 Å². The molecule has 0 saturated carbocycles. The van der Waals surface area contributed by atoms with Gasteiger partial charge in [0.25, 0.3) is 0 Å². The fourth-order valence-electron chi connectivity index (χ4n) is 1.74. The van der Waals surface area contributed by atoms with Gasteiger partial charge in [-0.3, -0.25) is 4.79 Å². The van der Waals surface area contributed by atoms with Crippen molar-refractivity contribution < 1.29 is 9.53 Å². The number of nitrogens with two attached hydrogens (primary N) is 1. The number of aromatic nitrogens is 3. The van der Waals surface area contributed by atoms with Crippen LogP contribution in [0.15, 0.2) is 29.4 Å². The molecule has 0 aliphatic heterocycles. The number of ether oxygens (including phenoxy) is 1. The number of benzene rings is 1. The molecule has 21 heavy (non-hydrogen) atoms. The first kappa shape index (κ1) is 15.7. The Morgan fingerprint density at radius 2 is 2.29 bits per heavy atom. The van der Waals surface area contributed by atoms with E-state index in [4.69, 9.17) is 22.1 Å². The van der Waals surface area contributed by atoms with E-state index in [2.05, 4.69) is 10.2 Å². The molecule has 1 aromatic carbocycles. The lowest BCUT2D eigenvalue weighted by Crippen LogP contribution is -2.14. The summed E-state index contributed by atoms with van der Waals surface area (Å²) in [6, 6.07) is 7.15. The largest absolute Gasteiger partial charge is 0.483 e. The molecular weight excluding hydrogens is 312 g/mol. The highest BCUT2D eigenvalue weighted by Crippen LogP contribution is 2.25. The van der Waals surface area contributed by atoms with Crippen LogP contribution in [-0.4, -0.2) is 26.4 Å². The Bertz CT molecular complexity index is 647. The van der Waals surface area contributed by atoms with Gasteiger partial charge < -0.3 is 15.0 Å². The molecule has 2 rings (SSSR count). The molecule has 0 spiro atoms. The van der Waals surface area contributed by atoms with Gasteiger partial charge in [-0.1, -0.05) is 29.4 Å². The van der Waals surface area contributed by atoms with E-state index in [9.17, 15) is 4.79 Å². The maximum Gasteiger partial charge on any atom is 0.227 e. The van der Waals surface area contributed by atoms with Gasteiger partial charge in [-0.05, 0) is 25.1 Å². The first-order valence-electron chi connectivity index (χ1n) is 6.20. The minimum atomic E-state index is -0.396. The summed E-state index contributed by atoms with van der Waals surface area (Å²) < 4.78 is 7.57. The monoisotopic (exact) mass is 326 g/mol. The summed E-state index contributed by atoms with van der Waals surface area (Å²) in [5, 5.41) is 9.35. The average molecular weight is 327 g/mol. The second-order valence-electron chi connectivity index (χ2n) is 4.37. The third-order valence-electron chi connectivity index (χ3n) is 2.68. The van der Waals surface area contributed by atoms with Crippen LogP contribution in [-0.2, 0) is 11.8 Å². The summed E-state index contributed by atoms with van der Waals surface area (Å²) in [5.74, 6) is 1.08. The molecule has 1 aromatic heterocycles. The fourth-order valence-corrected chi connectivity index (χ4v) is 2.58. The van der Waals surface area contributed by atoms with E-state index in [0.29, 0.717) is 21.8 Å². The lowest BCUT2D eigenvalue weighted by molar-refractivity contribution is -0.115. The number of rotatable bonds is 6. The molecule has 0 aliphatic carbocycles. The molecule has 112 valence electrons. The summed E-state index contributed by atoms with van der Waals surface area (Å²) in [6.45, 7) is 1.87. The van der Waals surface area contributed by atoms with Crippen molar-refractivity contribution in [3.8, 4) is 5.75 Å². The van der Waals surface area contributed by atoms with Crippen LogP contribution in [0.1, 0.15) is 18.9 Å². The van der Waals surface area contributed by atoms with Crippen molar-refractivity contribution in [3.05, 3.63) is 35.1 Å². The van der Waals surface area contributed by atoms with E-state index < -0.39 is 5.91 Å². The van der Waals surface area contributed by atoms with Crippen LogP contribution in [0.3, 0.4) is 0 Å². The average Bonchev–Trinajstić information content (AvgIpc) is 2.77. The molecule has 0 aliphatic rings. The summed E-state index contributed by atoms with van der Waals surface area (Å²) in [7, 11) is 1.82. The van der Waals surface area contributed by atoms with Crippen LogP contribution in [0.4, 0.5) is 0 Å². The predicted molar refractivity (Wildman–Crippen MR) is 81.4 cm³/mol. The molecule has 2 aromatic rings. The van der Waals surface area contributed by atoms with Gasteiger partial charge in [0.2, 0.25) is 5.91 Å². The van der Waals surface area contributed by atoms with Crippen LogP contribution in [0, 0.1) is 0 Å². The lowest BCUT2D eigenvalue weighted by atomic mass is 10.3. The molecule has 2 N–H and O–H groups in total. The van der Waals surface area contributed by atoms with E-state index >= 15 is 0 Å². The van der Waals surface area contributed by atoms with Crippen LogP contribution in [0.25, 0.3) is 0 Å². The lowest BCUT2D eigenvalue weighted by Gasteiger charge is -2.14. The van der Waals surface area contributed by atoms with Crippen LogP contribution in [0.5, 0.6) is 5.75 Å². The number of thioether (sulfide) groups is 1. The topological polar surface area (TPSA) is 83.0 Å². The number of nitrogens with zero attached hydrogens (tertiary/aromatic N) is 3. The number of hydrogen-bond donors (Lipinski definition) is 1. The summed E-state index contributed by atoms with van der Waals surface area (Å²) in [6.07, 6.45) is -0.302. The number of amides is 1. The third kappa shape index (κ3) is 4.12. The van der Waals surface area contributed by atoms with Gasteiger partial charge in [-0.25, -0.2) is 0 Å². The molecule has 1 heterocycles. The number of carbonyl (C=O) groups excluding carboxylic acids is 1. The zero-order valence-electron chi connectivity index (χ0n) is 11.6. The fraction of sp³-hybridized carbons (Fsp3) is 0.308. The quantitative estimate of drug-likeness (QED) is 0.823. The highest BCUT2D eigenvalue weighted by atomic mass is 35.5. The first-order valence-corrected chi connectivity index (χ1v) is 7.56. The third-order valence-corrected chi connectivity index (χ3v) is 3.96. The standard InChI is InChI=1S/C13H15ClN4O2S/c1-8(20-10-5-3-4-9(14)6-10)12-16-17-13(18(12)2)21-7-11(15)19/h3-6,8H,7H2,1-2H3,(H2,15,19). The van der Waals surface area contributed by atoms with E-state index in [-0.39, 0.29) is 11.9 Å². The van der Waals surface area contributed by atoms with Gasteiger partial charge in [0, 0.05) is 12.1 Å². The molecule has 8 heteroatoms. The van der Waals surface area contributed by atoms with E-state index in [1.807, 2.05) is 26.1 Å². The second kappa shape index (κ2) is 6.82. The van der Waals surface area contributed by atoms with E-state index in [1.54, 1.807) is 16.7 Å². The molecule has 6 nitrogen and oxygen atoms in total. The molecule has 0 fully saturated rings. The van der Waals surface area contributed by atoms with Crippen LogP contribution >= 0.6 is 23.4 Å². The van der Waals surface area contributed by atoms with Crippen molar-refractivity contribution in [3.63, 3.8) is 0 Å². The Morgan fingerprint density at radius 1 is 1.52 bits per heavy atom. The molecule has 1 atom stereocenters. The Hall–Kier alpha value is -1.73. The highest BCUT2D eigenvalue weighted by molar-refractivity contribution is 7.99. The van der Waals surface area contributed by atoms with Crippen molar-refractivity contribution >= 4 is 29.3 Å². The number of primary amides is 1. The molecule has 1 amide bonds. The van der Waals surface area contributed by atoms with Crippen molar-refractivity contribution in [2.75, 3.05) is 5.75 Å². The number of hydrogen-bond acceptors (Lipinski definition) is 5. The SMILES string of the molecule is CC(Oc1cccc(Cl)c1)c1nnc(SCC(N)=O)n1C. The van der Waals surface area contributed by atoms with Gasteiger partial charge in [-0.15, -0.1) is 10.2 Å². The second-order valence-corrected chi connectivity index (χ2v) is 5.75. The van der Waals surface area contributed by atoms with E-state index in [0.717, 1.165) is 0 Å². The van der Waals surface area contributed by atoms with Crippen molar-refractivity contribution in [2.45, 2.75) is 18.2 Å². The molecule has 1 unspecified atom stereocenters. The molecule has 0 bridgehead atoms. The van der Waals surface area contributed by atoms with Gasteiger partial charge in [0.1, 0.15) is 5.75 Å². The molecular formula is C13H15ClN4O2S. The van der Waals surface area contributed by atoms with Gasteiger partial charge >= 0.3 is 0 Å². The molecule has 0 radical (unpaired) electrons. The smallest absolute Gasteiger partial charge is 0.227 e. The number of halogens is 1. The summed E-state index contributed by atoms with van der Waals surface area (Å²) in [5.41, 5.74) is 5.12. The minimum absolute atomic E-state index is 0.162. The summed E-state index contributed by atoms with van der Waals surface area (Å²) >= 11 is 7.16. The maximum atomic E-state index is 10.8. The Kier molecular flexibility index (Phi) is 5.08. The van der Waals surface area contributed by atoms with Gasteiger partial charge in [0.15, 0.2) is 17.1 Å². The molecule has 0 saturated heterocycles. The highest BCUT2D eigenvalue weighted by Gasteiger charge is 2.17. The zero-order valence-corrected chi connectivity index (χ0v) is 13.2. The first-order chi connectivity index (χ1) is 9.97. The minimum Gasteiger partial charge on any atom is -0.483 e. The number of carbonyl (C=O) groups is 1. The van der Waals surface area contributed by atoms with Crippen molar-refractivity contribution in [1.29, 1.82) is 0 Å². The maximum absolute atomic E-state index is 10.8. The Morgan fingerprint density at radius 3 is 2.95 bits per heavy atom. The van der Waals surface area contributed by atoms with Crippen molar-refractivity contribution in [1.82, 2.24) is 14.8 Å². The Balaban J connectivity index is 2.09. The van der Waals surface area contributed by atoms with Gasteiger partial charge in [-0.2, -0.15) is 0 Å². The predicted octanol–water partition coefficient (Wildman–Crippen LogP) is 2.19.